The highest BCUT2D eigenvalue weighted by Crippen LogP contribution is 2.19. The molecule has 0 radical (unpaired) electrons. The third kappa shape index (κ3) is 2.15. The normalized spacial score (nSPS) is 32.8. The second-order valence-electron chi connectivity index (χ2n) is 3.06. The van der Waals surface area contributed by atoms with E-state index in [1.165, 1.54) is 0 Å². The summed E-state index contributed by atoms with van der Waals surface area (Å²) in [5.74, 6) is 0. The zero-order valence-electron chi connectivity index (χ0n) is 6.40. The fraction of sp³-hybridized carbons (Fsp3) is 1.00. The predicted octanol–water partition coefficient (Wildman–Crippen LogP) is 0.957. The van der Waals surface area contributed by atoms with Gasteiger partial charge < -0.3 is 5.11 Å². The lowest BCUT2D eigenvalue weighted by atomic mass is 10.1. The molecular formula is C7H13NO3. The molecule has 0 aromatic rings. The van der Waals surface area contributed by atoms with Gasteiger partial charge in [-0.25, -0.2) is 0 Å². The summed E-state index contributed by atoms with van der Waals surface area (Å²) in [6.45, 7) is 0. The van der Waals surface area contributed by atoms with E-state index in [0.717, 1.165) is 19.3 Å². The summed E-state index contributed by atoms with van der Waals surface area (Å²) in [6, 6.07) is -0.711. The van der Waals surface area contributed by atoms with Gasteiger partial charge in [0.05, 0.1) is 0 Å². The minimum atomic E-state index is -0.715. The SMILES string of the molecule is O=[N+]([O-])C1CCCCCC1O. The van der Waals surface area contributed by atoms with Crippen molar-refractivity contribution in [3.8, 4) is 0 Å². The molecule has 1 aliphatic rings. The Hall–Kier alpha value is -0.640. The second-order valence-corrected chi connectivity index (χ2v) is 3.06. The van der Waals surface area contributed by atoms with E-state index in [4.69, 9.17) is 0 Å². The van der Waals surface area contributed by atoms with E-state index in [1.54, 1.807) is 0 Å². The largest absolute Gasteiger partial charge is 0.386 e. The van der Waals surface area contributed by atoms with Crippen LogP contribution < -0.4 is 0 Å². The monoisotopic (exact) mass is 159 g/mol. The van der Waals surface area contributed by atoms with Gasteiger partial charge in [-0.15, -0.1) is 0 Å². The lowest BCUT2D eigenvalue weighted by molar-refractivity contribution is -0.535. The molecule has 1 fully saturated rings. The molecule has 4 nitrogen and oxygen atoms in total. The zero-order chi connectivity index (χ0) is 8.27. The van der Waals surface area contributed by atoms with Gasteiger partial charge >= 0.3 is 0 Å². The van der Waals surface area contributed by atoms with Crippen LogP contribution in [0, 0.1) is 10.1 Å². The van der Waals surface area contributed by atoms with Gasteiger partial charge in [0.25, 0.3) is 0 Å². The van der Waals surface area contributed by atoms with E-state index < -0.39 is 12.1 Å². The summed E-state index contributed by atoms with van der Waals surface area (Å²) < 4.78 is 0. The summed E-state index contributed by atoms with van der Waals surface area (Å²) >= 11 is 0. The first-order valence-electron chi connectivity index (χ1n) is 4.03. The molecule has 0 aromatic heterocycles. The zero-order valence-corrected chi connectivity index (χ0v) is 6.40. The van der Waals surface area contributed by atoms with Gasteiger partial charge in [-0.05, 0) is 12.8 Å². The average molecular weight is 159 g/mol. The van der Waals surface area contributed by atoms with Crippen LogP contribution in [0.15, 0.2) is 0 Å². The molecule has 2 atom stereocenters. The number of aliphatic hydroxyl groups excluding tert-OH is 1. The molecular weight excluding hydrogens is 146 g/mol. The van der Waals surface area contributed by atoms with Crippen LogP contribution >= 0.6 is 0 Å². The first-order chi connectivity index (χ1) is 5.22. The van der Waals surface area contributed by atoms with Crippen molar-refractivity contribution in [2.45, 2.75) is 44.2 Å². The molecule has 1 rings (SSSR count). The van der Waals surface area contributed by atoms with E-state index in [0.29, 0.717) is 12.8 Å². The molecule has 0 spiro atoms. The molecule has 0 heterocycles. The van der Waals surface area contributed by atoms with Crippen molar-refractivity contribution in [2.75, 3.05) is 0 Å². The Morgan fingerprint density at radius 1 is 1.27 bits per heavy atom. The Labute approximate surface area is 65.4 Å². The third-order valence-corrected chi connectivity index (χ3v) is 2.21. The lowest BCUT2D eigenvalue weighted by Crippen LogP contribution is -2.32. The predicted molar refractivity (Wildman–Crippen MR) is 39.9 cm³/mol. The fourth-order valence-electron chi connectivity index (χ4n) is 1.51. The standard InChI is InChI=1S/C7H13NO3/c9-7-5-3-1-2-4-6(7)8(10)11/h6-7,9H,1-5H2. The summed E-state index contributed by atoms with van der Waals surface area (Å²) in [4.78, 5) is 10.0. The number of rotatable bonds is 1. The van der Waals surface area contributed by atoms with E-state index in [9.17, 15) is 15.2 Å². The summed E-state index contributed by atoms with van der Waals surface area (Å²) in [6.07, 6.45) is 3.22. The number of nitro groups is 1. The van der Waals surface area contributed by atoms with E-state index in [-0.39, 0.29) is 4.92 Å². The molecule has 11 heavy (non-hydrogen) atoms. The fourth-order valence-corrected chi connectivity index (χ4v) is 1.51. The Morgan fingerprint density at radius 2 is 1.91 bits per heavy atom. The second kappa shape index (κ2) is 3.67. The van der Waals surface area contributed by atoms with Crippen molar-refractivity contribution in [3.05, 3.63) is 10.1 Å². The van der Waals surface area contributed by atoms with E-state index in [1.807, 2.05) is 0 Å². The van der Waals surface area contributed by atoms with Crippen molar-refractivity contribution in [1.29, 1.82) is 0 Å². The maximum Gasteiger partial charge on any atom is 0.238 e. The number of hydrogen-bond acceptors (Lipinski definition) is 3. The first-order valence-corrected chi connectivity index (χ1v) is 4.03. The highest BCUT2D eigenvalue weighted by atomic mass is 16.6. The molecule has 0 saturated heterocycles. The van der Waals surface area contributed by atoms with Crippen LogP contribution in [0.4, 0.5) is 0 Å². The molecule has 2 unspecified atom stereocenters. The van der Waals surface area contributed by atoms with Gasteiger partial charge in [0.1, 0.15) is 6.10 Å². The maximum atomic E-state index is 10.4. The maximum absolute atomic E-state index is 10.4. The molecule has 1 N–H and O–H groups in total. The Kier molecular flexibility index (Phi) is 2.82. The van der Waals surface area contributed by atoms with Gasteiger partial charge in [-0.1, -0.05) is 12.8 Å². The molecule has 0 aliphatic heterocycles. The van der Waals surface area contributed by atoms with Crippen LogP contribution in [-0.2, 0) is 0 Å². The molecule has 0 amide bonds. The topological polar surface area (TPSA) is 63.4 Å². The van der Waals surface area contributed by atoms with E-state index in [2.05, 4.69) is 0 Å². The van der Waals surface area contributed by atoms with Crippen LogP contribution in [0.5, 0.6) is 0 Å². The Bertz CT molecular complexity index is 149. The first kappa shape index (κ1) is 8.46. The van der Waals surface area contributed by atoms with Gasteiger partial charge in [-0.2, -0.15) is 0 Å². The highest BCUT2D eigenvalue weighted by molar-refractivity contribution is 4.71. The van der Waals surface area contributed by atoms with Crippen LogP contribution in [0.3, 0.4) is 0 Å². The highest BCUT2D eigenvalue weighted by Gasteiger charge is 2.30. The minimum absolute atomic E-state index is 0.351. The van der Waals surface area contributed by atoms with Crippen molar-refractivity contribution in [1.82, 2.24) is 0 Å². The molecule has 0 aromatic carbocycles. The Morgan fingerprint density at radius 3 is 2.55 bits per heavy atom. The number of aliphatic hydroxyl groups is 1. The van der Waals surface area contributed by atoms with Gasteiger partial charge in [0.15, 0.2) is 0 Å². The number of hydrogen-bond donors (Lipinski definition) is 1. The third-order valence-electron chi connectivity index (χ3n) is 2.21. The molecule has 4 heteroatoms. The van der Waals surface area contributed by atoms with E-state index >= 15 is 0 Å². The number of nitrogens with zero attached hydrogens (tertiary/aromatic N) is 1. The van der Waals surface area contributed by atoms with Crippen molar-refractivity contribution < 1.29 is 10.0 Å². The van der Waals surface area contributed by atoms with Crippen molar-refractivity contribution >= 4 is 0 Å². The van der Waals surface area contributed by atoms with Crippen molar-refractivity contribution in [3.63, 3.8) is 0 Å². The molecule has 1 aliphatic carbocycles. The molecule has 0 bridgehead atoms. The lowest BCUT2D eigenvalue weighted by Gasteiger charge is -2.11. The van der Waals surface area contributed by atoms with Gasteiger partial charge in [0.2, 0.25) is 6.04 Å². The van der Waals surface area contributed by atoms with Crippen LogP contribution in [0.2, 0.25) is 0 Å². The summed E-state index contributed by atoms with van der Waals surface area (Å²) in [5, 5.41) is 19.6. The van der Waals surface area contributed by atoms with Crippen LogP contribution in [0.25, 0.3) is 0 Å². The summed E-state index contributed by atoms with van der Waals surface area (Å²) in [5.41, 5.74) is 0. The molecule has 64 valence electrons. The van der Waals surface area contributed by atoms with Gasteiger partial charge in [0, 0.05) is 11.3 Å². The van der Waals surface area contributed by atoms with Gasteiger partial charge in [-0.3, -0.25) is 10.1 Å². The summed E-state index contributed by atoms with van der Waals surface area (Å²) in [7, 11) is 0. The smallest absolute Gasteiger partial charge is 0.238 e. The average Bonchev–Trinajstić information content (AvgIpc) is 2.13. The van der Waals surface area contributed by atoms with Crippen LogP contribution in [0.1, 0.15) is 32.1 Å². The quantitative estimate of drug-likeness (QED) is 0.352. The minimum Gasteiger partial charge on any atom is -0.386 e. The Balaban J connectivity index is 2.52. The van der Waals surface area contributed by atoms with Crippen molar-refractivity contribution in [2.24, 2.45) is 0 Å². The van der Waals surface area contributed by atoms with Crippen LogP contribution in [-0.4, -0.2) is 22.2 Å². The molecule has 1 saturated carbocycles.